The summed E-state index contributed by atoms with van der Waals surface area (Å²) in [6, 6.07) is 11.4. The third kappa shape index (κ3) is 6.00. The van der Waals surface area contributed by atoms with Gasteiger partial charge in [0.1, 0.15) is 10.3 Å². The van der Waals surface area contributed by atoms with Gasteiger partial charge in [0.25, 0.3) is 10.0 Å². The van der Waals surface area contributed by atoms with Gasteiger partial charge in [0, 0.05) is 32.7 Å². The van der Waals surface area contributed by atoms with Crippen LogP contribution in [0.1, 0.15) is 19.4 Å². The number of hydrogen-bond acceptors (Lipinski definition) is 5. The standard InChI is InChI=1S/C21H27ClN4O4S2/c1-15(2)19(24-21(28)23-14-16-6-4-3-5-7-16)20(27)25-10-12-26(13-11-25)32(29,30)18-9-8-17(22)31-18/h3-9,15,19H,10-14H2,1-2H3,(H2,23,24,28). The third-order valence-electron chi connectivity index (χ3n) is 5.21. The molecule has 2 aromatic rings. The lowest BCUT2D eigenvalue weighted by Gasteiger charge is -2.36. The molecule has 1 unspecified atom stereocenters. The number of rotatable bonds is 7. The van der Waals surface area contributed by atoms with E-state index in [4.69, 9.17) is 11.6 Å². The molecule has 2 heterocycles. The molecule has 0 spiro atoms. The highest BCUT2D eigenvalue weighted by Crippen LogP contribution is 2.28. The van der Waals surface area contributed by atoms with E-state index in [0.717, 1.165) is 16.9 Å². The molecule has 1 aliphatic heterocycles. The van der Waals surface area contributed by atoms with E-state index >= 15 is 0 Å². The predicted octanol–water partition coefficient (Wildman–Crippen LogP) is 2.76. The first-order valence-electron chi connectivity index (χ1n) is 10.3. The van der Waals surface area contributed by atoms with Crippen molar-refractivity contribution in [2.75, 3.05) is 26.2 Å². The van der Waals surface area contributed by atoms with Crippen molar-refractivity contribution >= 4 is 44.9 Å². The Morgan fingerprint density at radius 3 is 2.28 bits per heavy atom. The van der Waals surface area contributed by atoms with Crippen molar-refractivity contribution in [3.8, 4) is 0 Å². The van der Waals surface area contributed by atoms with Crippen molar-refractivity contribution in [1.82, 2.24) is 19.8 Å². The fraction of sp³-hybridized carbons (Fsp3) is 0.429. The van der Waals surface area contributed by atoms with Crippen LogP contribution in [0.2, 0.25) is 4.34 Å². The van der Waals surface area contributed by atoms with E-state index < -0.39 is 22.1 Å². The van der Waals surface area contributed by atoms with Crippen molar-refractivity contribution in [3.63, 3.8) is 0 Å². The second-order valence-corrected chi connectivity index (χ2v) is 11.7. The van der Waals surface area contributed by atoms with E-state index in [9.17, 15) is 18.0 Å². The summed E-state index contributed by atoms with van der Waals surface area (Å²) in [5.74, 6) is -0.342. The van der Waals surface area contributed by atoms with Crippen LogP contribution >= 0.6 is 22.9 Å². The molecule has 1 atom stereocenters. The predicted molar refractivity (Wildman–Crippen MR) is 125 cm³/mol. The number of hydrogen-bond donors (Lipinski definition) is 2. The SMILES string of the molecule is CC(C)C(NC(=O)NCc1ccccc1)C(=O)N1CCN(S(=O)(=O)c2ccc(Cl)s2)CC1. The summed E-state index contributed by atoms with van der Waals surface area (Å²) >= 11 is 6.89. The van der Waals surface area contributed by atoms with E-state index in [1.807, 2.05) is 44.2 Å². The molecule has 11 heteroatoms. The van der Waals surface area contributed by atoms with E-state index in [1.54, 1.807) is 11.0 Å². The van der Waals surface area contributed by atoms with Crippen molar-refractivity contribution in [2.24, 2.45) is 5.92 Å². The minimum Gasteiger partial charge on any atom is -0.338 e. The zero-order chi connectivity index (χ0) is 23.3. The monoisotopic (exact) mass is 498 g/mol. The average Bonchev–Trinajstić information content (AvgIpc) is 3.23. The van der Waals surface area contributed by atoms with Gasteiger partial charge in [-0.1, -0.05) is 55.8 Å². The van der Waals surface area contributed by atoms with Gasteiger partial charge in [0.15, 0.2) is 0 Å². The molecule has 3 amide bonds. The molecular formula is C21H27ClN4O4S2. The van der Waals surface area contributed by atoms with Crippen LogP contribution < -0.4 is 10.6 Å². The summed E-state index contributed by atoms with van der Waals surface area (Å²) in [6.45, 7) is 4.97. The first-order chi connectivity index (χ1) is 15.2. The van der Waals surface area contributed by atoms with Crippen LogP contribution in [0.3, 0.4) is 0 Å². The molecule has 0 bridgehead atoms. The molecule has 0 saturated carbocycles. The largest absolute Gasteiger partial charge is 0.338 e. The number of amides is 3. The number of carbonyl (C=O) groups excluding carboxylic acids is 2. The molecule has 0 radical (unpaired) electrons. The summed E-state index contributed by atoms with van der Waals surface area (Å²) < 4.78 is 27.5. The number of halogens is 1. The number of urea groups is 1. The molecular weight excluding hydrogens is 472 g/mol. The molecule has 2 N–H and O–H groups in total. The van der Waals surface area contributed by atoms with E-state index in [-0.39, 0.29) is 42.2 Å². The molecule has 3 rings (SSSR count). The van der Waals surface area contributed by atoms with Gasteiger partial charge in [-0.15, -0.1) is 11.3 Å². The van der Waals surface area contributed by atoms with Gasteiger partial charge in [0.05, 0.1) is 4.34 Å². The van der Waals surface area contributed by atoms with Crippen LogP contribution in [-0.2, 0) is 21.4 Å². The Kier molecular flexibility index (Phi) is 8.16. The van der Waals surface area contributed by atoms with Gasteiger partial charge < -0.3 is 15.5 Å². The fourth-order valence-electron chi connectivity index (χ4n) is 3.39. The maximum atomic E-state index is 13.1. The Labute approximate surface area is 197 Å². The first-order valence-corrected chi connectivity index (χ1v) is 12.9. The highest BCUT2D eigenvalue weighted by atomic mass is 35.5. The number of carbonyl (C=O) groups is 2. The summed E-state index contributed by atoms with van der Waals surface area (Å²) in [4.78, 5) is 27.1. The zero-order valence-electron chi connectivity index (χ0n) is 18.0. The lowest BCUT2D eigenvalue weighted by Crippen LogP contribution is -2.58. The van der Waals surface area contributed by atoms with Crippen LogP contribution in [0.25, 0.3) is 0 Å². The van der Waals surface area contributed by atoms with Crippen molar-refractivity contribution < 1.29 is 18.0 Å². The van der Waals surface area contributed by atoms with Crippen LogP contribution in [0.5, 0.6) is 0 Å². The van der Waals surface area contributed by atoms with Crippen LogP contribution in [0.15, 0.2) is 46.7 Å². The molecule has 174 valence electrons. The Hall–Kier alpha value is -2.14. The van der Waals surface area contributed by atoms with E-state index in [1.165, 1.54) is 10.4 Å². The fourth-order valence-corrected chi connectivity index (χ4v) is 6.45. The van der Waals surface area contributed by atoms with Crippen LogP contribution in [0, 0.1) is 5.92 Å². The number of sulfonamides is 1. The minimum absolute atomic E-state index is 0.125. The van der Waals surface area contributed by atoms with Gasteiger partial charge in [-0.3, -0.25) is 4.79 Å². The average molecular weight is 499 g/mol. The maximum Gasteiger partial charge on any atom is 0.315 e. The number of nitrogens with one attached hydrogen (secondary N) is 2. The van der Waals surface area contributed by atoms with Gasteiger partial charge in [-0.05, 0) is 23.6 Å². The van der Waals surface area contributed by atoms with Gasteiger partial charge in [-0.25, -0.2) is 13.2 Å². The second-order valence-electron chi connectivity index (χ2n) is 7.82. The second kappa shape index (κ2) is 10.7. The molecule has 0 aliphatic carbocycles. The van der Waals surface area contributed by atoms with Crippen molar-refractivity contribution in [3.05, 3.63) is 52.4 Å². The Morgan fingerprint density at radius 1 is 1.06 bits per heavy atom. The van der Waals surface area contributed by atoms with Crippen molar-refractivity contribution in [1.29, 1.82) is 0 Å². The maximum absolute atomic E-state index is 13.1. The number of benzene rings is 1. The number of nitrogens with zero attached hydrogens (tertiary/aromatic N) is 2. The molecule has 8 nitrogen and oxygen atoms in total. The van der Waals surface area contributed by atoms with E-state index in [2.05, 4.69) is 10.6 Å². The Morgan fingerprint density at radius 2 is 1.72 bits per heavy atom. The lowest BCUT2D eigenvalue weighted by atomic mass is 10.0. The summed E-state index contributed by atoms with van der Waals surface area (Å²) in [5, 5.41) is 5.54. The van der Waals surface area contributed by atoms with Crippen LogP contribution in [0.4, 0.5) is 4.79 Å². The minimum atomic E-state index is -3.63. The molecule has 32 heavy (non-hydrogen) atoms. The molecule has 1 saturated heterocycles. The quantitative estimate of drug-likeness (QED) is 0.613. The van der Waals surface area contributed by atoms with Crippen LogP contribution in [-0.4, -0.2) is 61.8 Å². The summed E-state index contributed by atoms with van der Waals surface area (Å²) in [7, 11) is -3.63. The van der Waals surface area contributed by atoms with Gasteiger partial charge >= 0.3 is 6.03 Å². The van der Waals surface area contributed by atoms with Crippen molar-refractivity contribution in [2.45, 2.75) is 30.6 Å². The van der Waals surface area contributed by atoms with Gasteiger partial charge in [-0.2, -0.15) is 4.31 Å². The molecule has 1 aromatic heterocycles. The molecule has 1 fully saturated rings. The highest BCUT2D eigenvalue weighted by Gasteiger charge is 2.34. The third-order valence-corrected chi connectivity index (χ3v) is 8.81. The summed E-state index contributed by atoms with van der Waals surface area (Å²) in [6.07, 6.45) is 0. The summed E-state index contributed by atoms with van der Waals surface area (Å²) in [5.41, 5.74) is 0.958. The topological polar surface area (TPSA) is 98.8 Å². The number of thiophene rings is 1. The number of piperazine rings is 1. The Balaban J connectivity index is 1.56. The van der Waals surface area contributed by atoms with Gasteiger partial charge in [0.2, 0.25) is 5.91 Å². The zero-order valence-corrected chi connectivity index (χ0v) is 20.3. The normalized spacial score (nSPS) is 16.1. The van der Waals surface area contributed by atoms with E-state index in [0.29, 0.717) is 10.9 Å². The molecule has 1 aromatic carbocycles. The lowest BCUT2D eigenvalue weighted by molar-refractivity contribution is -0.135. The Bertz CT molecular complexity index is 1040. The highest BCUT2D eigenvalue weighted by molar-refractivity contribution is 7.91. The first kappa shape index (κ1) is 24.5. The molecule has 1 aliphatic rings. The smallest absolute Gasteiger partial charge is 0.315 e.